The van der Waals surface area contributed by atoms with Crippen LogP contribution >= 0.6 is 0 Å². The van der Waals surface area contributed by atoms with Crippen molar-refractivity contribution in [2.75, 3.05) is 0 Å². The highest BCUT2D eigenvalue weighted by Gasteiger charge is 2.32. The van der Waals surface area contributed by atoms with Gasteiger partial charge in [0.2, 0.25) is 0 Å². The molecule has 9 rings (SSSR count). The number of nitrogens with zero attached hydrogens (tertiary/aromatic N) is 1. The van der Waals surface area contributed by atoms with Crippen molar-refractivity contribution >= 4 is 32.3 Å². The molecular weight excluding hydrogens is 434 g/mol. The first-order chi connectivity index (χ1) is 17.8. The first-order valence-corrected chi connectivity index (χ1v) is 12.7. The summed E-state index contributed by atoms with van der Waals surface area (Å²) in [6.45, 7) is 0. The van der Waals surface area contributed by atoms with Crippen LogP contribution in [0.2, 0.25) is 0 Å². The van der Waals surface area contributed by atoms with E-state index in [2.05, 4.69) is 103 Å². The Labute approximate surface area is 209 Å². The highest BCUT2D eigenvalue weighted by Crippen LogP contribution is 2.50. The van der Waals surface area contributed by atoms with E-state index in [0.717, 1.165) is 12.8 Å². The summed E-state index contributed by atoms with van der Waals surface area (Å²) in [5, 5.41) is 8.04. The van der Waals surface area contributed by atoms with Gasteiger partial charge in [-0.2, -0.15) is 0 Å². The summed E-state index contributed by atoms with van der Waals surface area (Å²) in [6.07, 6.45) is 1.89. The fourth-order valence-electron chi connectivity index (χ4n) is 6.93. The van der Waals surface area contributed by atoms with E-state index in [1.165, 1.54) is 88.2 Å². The number of pyridine rings is 1. The molecule has 0 radical (unpaired) electrons. The molecule has 0 unspecified atom stereocenters. The number of benzene rings is 6. The van der Waals surface area contributed by atoms with Crippen molar-refractivity contribution in [2.24, 2.45) is 0 Å². The molecule has 0 bridgehead atoms. The number of hydrogen-bond donors (Lipinski definition) is 0. The van der Waals surface area contributed by atoms with Gasteiger partial charge < -0.3 is 0 Å². The lowest BCUT2D eigenvalue weighted by atomic mass is 9.86. The molecular formula is C35H21N. The van der Waals surface area contributed by atoms with E-state index >= 15 is 0 Å². The molecule has 6 aromatic carbocycles. The molecule has 1 aromatic heterocycles. The van der Waals surface area contributed by atoms with Gasteiger partial charge in [-0.3, -0.25) is 0 Å². The van der Waals surface area contributed by atoms with Crippen LogP contribution in [-0.4, -0.2) is 4.98 Å². The van der Waals surface area contributed by atoms with Gasteiger partial charge in [0.05, 0.1) is 11.4 Å². The third-order valence-corrected chi connectivity index (χ3v) is 8.48. The predicted octanol–water partition coefficient (Wildman–Crippen LogP) is 8.79. The minimum absolute atomic E-state index is 0.944. The van der Waals surface area contributed by atoms with Crippen LogP contribution in [0.25, 0.3) is 66.0 Å². The highest BCUT2D eigenvalue weighted by molar-refractivity contribution is 6.25. The quantitative estimate of drug-likeness (QED) is 0.225. The standard InChI is InChI=1S/C35H21N/c1-3-10-25-23(6-1)18-29-33(30-19-24-7-2-4-11-26(24)35(30)36-34(25)29)28-17-15-22-13-12-20-8-5-9-21-14-16-27(28)32(22)31(20)21/h1-17H,18-19H2. The molecule has 7 aromatic rings. The van der Waals surface area contributed by atoms with Crippen LogP contribution < -0.4 is 0 Å². The molecule has 166 valence electrons. The average Bonchev–Trinajstić information content (AvgIpc) is 3.49. The Morgan fingerprint density at radius 3 is 1.67 bits per heavy atom. The van der Waals surface area contributed by atoms with Gasteiger partial charge in [-0.05, 0) is 65.7 Å². The fourth-order valence-corrected chi connectivity index (χ4v) is 6.93. The van der Waals surface area contributed by atoms with Gasteiger partial charge in [0, 0.05) is 24.0 Å². The van der Waals surface area contributed by atoms with Crippen molar-refractivity contribution in [2.45, 2.75) is 12.8 Å². The number of aromatic nitrogens is 1. The van der Waals surface area contributed by atoms with Crippen LogP contribution in [0, 0.1) is 0 Å². The van der Waals surface area contributed by atoms with E-state index in [9.17, 15) is 0 Å². The van der Waals surface area contributed by atoms with Gasteiger partial charge >= 0.3 is 0 Å². The van der Waals surface area contributed by atoms with Crippen LogP contribution in [0.5, 0.6) is 0 Å². The maximum atomic E-state index is 5.36. The van der Waals surface area contributed by atoms with Crippen molar-refractivity contribution in [3.05, 3.63) is 125 Å². The van der Waals surface area contributed by atoms with Crippen LogP contribution in [0.3, 0.4) is 0 Å². The summed E-state index contributed by atoms with van der Waals surface area (Å²) in [5.41, 5.74) is 13.2. The van der Waals surface area contributed by atoms with E-state index in [1.807, 2.05) is 0 Å². The Bertz CT molecular complexity index is 1960. The Balaban J connectivity index is 1.44. The van der Waals surface area contributed by atoms with Crippen molar-refractivity contribution < 1.29 is 0 Å². The smallest absolute Gasteiger partial charge is 0.0754 e. The molecule has 0 atom stereocenters. The molecule has 0 amide bonds. The second-order valence-electron chi connectivity index (χ2n) is 10.3. The van der Waals surface area contributed by atoms with Crippen LogP contribution in [0.4, 0.5) is 0 Å². The summed E-state index contributed by atoms with van der Waals surface area (Å²) < 4.78 is 0. The first-order valence-electron chi connectivity index (χ1n) is 12.7. The van der Waals surface area contributed by atoms with E-state index in [0.29, 0.717) is 0 Å². The third-order valence-electron chi connectivity index (χ3n) is 8.48. The normalized spacial score (nSPS) is 13.3. The van der Waals surface area contributed by atoms with Crippen LogP contribution in [-0.2, 0) is 12.8 Å². The second-order valence-corrected chi connectivity index (χ2v) is 10.3. The van der Waals surface area contributed by atoms with Crippen molar-refractivity contribution in [3.8, 4) is 33.6 Å². The molecule has 1 heteroatoms. The summed E-state index contributed by atoms with van der Waals surface area (Å²) in [5.74, 6) is 0. The lowest BCUT2D eigenvalue weighted by molar-refractivity contribution is 1.18. The topological polar surface area (TPSA) is 12.9 Å². The monoisotopic (exact) mass is 455 g/mol. The molecule has 0 aliphatic heterocycles. The zero-order valence-electron chi connectivity index (χ0n) is 19.7. The van der Waals surface area contributed by atoms with Gasteiger partial charge in [0.25, 0.3) is 0 Å². The Kier molecular flexibility index (Phi) is 3.44. The van der Waals surface area contributed by atoms with Crippen LogP contribution in [0.15, 0.2) is 103 Å². The SMILES string of the molecule is c1ccc2c(c1)Cc1c-2nc2c(c1-c1ccc3ccc4cccc5ccc1c3c45)Cc1ccccc1-2. The number of hydrogen-bond acceptors (Lipinski definition) is 1. The molecule has 36 heavy (non-hydrogen) atoms. The molecule has 1 heterocycles. The maximum absolute atomic E-state index is 5.36. The minimum atomic E-state index is 0.944. The van der Waals surface area contributed by atoms with Crippen LogP contribution in [0.1, 0.15) is 22.3 Å². The minimum Gasteiger partial charge on any atom is -0.247 e. The average molecular weight is 456 g/mol. The molecule has 0 saturated heterocycles. The Morgan fingerprint density at radius 1 is 0.444 bits per heavy atom. The zero-order valence-corrected chi connectivity index (χ0v) is 19.7. The van der Waals surface area contributed by atoms with Gasteiger partial charge in [0.1, 0.15) is 0 Å². The molecule has 0 saturated carbocycles. The second kappa shape index (κ2) is 6.59. The summed E-state index contributed by atoms with van der Waals surface area (Å²) >= 11 is 0. The lowest BCUT2D eigenvalue weighted by Gasteiger charge is -2.19. The van der Waals surface area contributed by atoms with Gasteiger partial charge in [0.15, 0.2) is 0 Å². The predicted molar refractivity (Wildman–Crippen MR) is 150 cm³/mol. The van der Waals surface area contributed by atoms with Gasteiger partial charge in [-0.1, -0.05) is 103 Å². The summed E-state index contributed by atoms with van der Waals surface area (Å²) in [6, 6.07) is 38.2. The van der Waals surface area contributed by atoms with E-state index < -0.39 is 0 Å². The maximum Gasteiger partial charge on any atom is 0.0754 e. The van der Waals surface area contributed by atoms with Crippen molar-refractivity contribution in [3.63, 3.8) is 0 Å². The van der Waals surface area contributed by atoms with E-state index in [4.69, 9.17) is 4.98 Å². The highest BCUT2D eigenvalue weighted by atomic mass is 14.8. The molecule has 0 N–H and O–H groups in total. The summed E-state index contributed by atoms with van der Waals surface area (Å²) in [7, 11) is 0. The van der Waals surface area contributed by atoms with Gasteiger partial charge in [-0.15, -0.1) is 0 Å². The largest absolute Gasteiger partial charge is 0.247 e. The van der Waals surface area contributed by atoms with Crippen molar-refractivity contribution in [1.82, 2.24) is 4.98 Å². The number of fused-ring (bicyclic) bond motifs is 6. The molecule has 0 fully saturated rings. The summed E-state index contributed by atoms with van der Waals surface area (Å²) in [4.78, 5) is 5.36. The van der Waals surface area contributed by atoms with Crippen molar-refractivity contribution in [1.29, 1.82) is 0 Å². The Hall–Kier alpha value is -4.49. The molecule has 0 spiro atoms. The van der Waals surface area contributed by atoms with Gasteiger partial charge in [-0.25, -0.2) is 4.98 Å². The first kappa shape index (κ1) is 18.8. The molecule has 1 nitrogen and oxygen atoms in total. The number of rotatable bonds is 1. The Morgan fingerprint density at radius 2 is 1.00 bits per heavy atom. The zero-order chi connectivity index (χ0) is 23.4. The lowest BCUT2D eigenvalue weighted by Crippen LogP contribution is -1.99. The third kappa shape index (κ3) is 2.28. The van der Waals surface area contributed by atoms with E-state index in [1.54, 1.807) is 0 Å². The molecule has 2 aliphatic carbocycles. The fraction of sp³-hybridized carbons (Fsp3) is 0.0571. The molecule has 2 aliphatic rings. The van der Waals surface area contributed by atoms with E-state index in [-0.39, 0.29) is 0 Å².